The van der Waals surface area contributed by atoms with Crippen molar-refractivity contribution in [3.8, 4) is 22.8 Å². The first kappa shape index (κ1) is 20.3. The number of hydrogen-bond acceptors (Lipinski definition) is 4. The lowest BCUT2D eigenvalue weighted by Gasteiger charge is -2.22. The molecule has 0 atom stereocenters. The second kappa shape index (κ2) is 9.16. The molecule has 28 heavy (non-hydrogen) atoms. The molecule has 0 radical (unpaired) electrons. The normalized spacial score (nSPS) is 11.7. The van der Waals surface area contributed by atoms with Gasteiger partial charge in [-0.15, -0.1) is 0 Å². The number of aromatic nitrogens is 3. The molecule has 0 N–H and O–H groups in total. The smallest absolute Gasteiger partial charge is 0.170 e. The van der Waals surface area contributed by atoms with Crippen molar-refractivity contribution in [3.05, 3.63) is 66.0 Å². The van der Waals surface area contributed by atoms with Crippen molar-refractivity contribution in [3.63, 3.8) is 0 Å². The highest BCUT2D eigenvalue weighted by Crippen LogP contribution is 2.40. The highest BCUT2D eigenvalue weighted by Gasteiger charge is 2.34. The van der Waals surface area contributed by atoms with Crippen molar-refractivity contribution in [2.24, 2.45) is 0 Å². The van der Waals surface area contributed by atoms with Gasteiger partial charge in [-0.1, -0.05) is 81.8 Å². The zero-order valence-electron chi connectivity index (χ0n) is 16.7. The van der Waals surface area contributed by atoms with Crippen molar-refractivity contribution in [2.45, 2.75) is 51.6 Å². The molecule has 0 saturated carbocycles. The van der Waals surface area contributed by atoms with E-state index in [1.165, 1.54) is 5.56 Å². The van der Waals surface area contributed by atoms with Crippen LogP contribution in [0.15, 0.2) is 54.6 Å². The van der Waals surface area contributed by atoms with Gasteiger partial charge in [0, 0.05) is 11.1 Å². The Kier molecular flexibility index (Phi) is 6.64. The van der Waals surface area contributed by atoms with Crippen LogP contribution in [0.25, 0.3) is 22.8 Å². The van der Waals surface area contributed by atoms with E-state index in [1.807, 2.05) is 44.2 Å². The molecule has 0 saturated heterocycles. The van der Waals surface area contributed by atoms with Crippen molar-refractivity contribution in [2.75, 3.05) is 0 Å². The monoisotopic (exact) mass is 391 g/mol. The third kappa shape index (κ3) is 4.18. The van der Waals surface area contributed by atoms with Crippen molar-refractivity contribution >= 4 is 8.46 Å². The standard InChI is InChI=1S/C23H26N3OP/c1-4-10-17-13-15-19(16-14-17)21-24-20(18-11-8-7-9-12-18)25-22(26-21)23(5-2,6-3)28-27/h7-9,11-16H,4-6,10H2,1-3H3. The van der Waals surface area contributed by atoms with Gasteiger partial charge in [-0.3, -0.25) is 4.57 Å². The number of hydrogen-bond donors (Lipinski definition) is 0. The zero-order valence-corrected chi connectivity index (χ0v) is 17.6. The first-order chi connectivity index (χ1) is 13.7. The maximum absolute atomic E-state index is 12.1. The molecule has 0 fully saturated rings. The lowest BCUT2D eigenvalue weighted by Crippen LogP contribution is -2.21. The maximum Gasteiger partial charge on any atom is 0.170 e. The van der Waals surface area contributed by atoms with Crippen molar-refractivity contribution in [1.29, 1.82) is 0 Å². The minimum atomic E-state index is -0.594. The van der Waals surface area contributed by atoms with Crippen LogP contribution in [0.3, 0.4) is 0 Å². The predicted molar refractivity (Wildman–Crippen MR) is 115 cm³/mol. The summed E-state index contributed by atoms with van der Waals surface area (Å²) in [6.45, 7) is 6.23. The molecule has 3 rings (SSSR count). The van der Waals surface area contributed by atoms with Gasteiger partial charge < -0.3 is 0 Å². The topological polar surface area (TPSA) is 55.7 Å². The summed E-state index contributed by atoms with van der Waals surface area (Å²) in [6, 6.07) is 18.3. The van der Waals surface area contributed by atoms with Crippen LogP contribution in [0.4, 0.5) is 0 Å². The Balaban J connectivity index is 2.16. The summed E-state index contributed by atoms with van der Waals surface area (Å²) in [6.07, 6.45) is 3.57. The van der Waals surface area contributed by atoms with E-state index in [-0.39, 0.29) is 8.46 Å². The van der Waals surface area contributed by atoms with Crippen molar-refractivity contribution < 1.29 is 4.57 Å². The Bertz CT molecular complexity index is 922. The molecule has 0 aliphatic rings. The highest BCUT2D eigenvalue weighted by molar-refractivity contribution is 7.25. The number of nitrogens with zero attached hydrogens (tertiary/aromatic N) is 3. The minimum absolute atomic E-state index is 0.0421. The van der Waals surface area contributed by atoms with Gasteiger partial charge in [0.1, 0.15) is 5.16 Å². The average molecular weight is 391 g/mol. The number of aryl methyl sites for hydroxylation is 1. The van der Waals surface area contributed by atoms with Crippen molar-refractivity contribution in [1.82, 2.24) is 15.0 Å². The van der Waals surface area contributed by atoms with Crippen LogP contribution in [0.5, 0.6) is 0 Å². The van der Waals surface area contributed by atoms with E-state index in [1.54, 1.807) is 0 Å². The van der Waals surface area contributed by atoms with Gasteiger partial charge in [-0.05, 0) is 24.8 Å². The van der Waals surface area contributed by atoms with Gasteiger partial charge in [0.15, 0.2) is 25.9 Å². The molecule has 0 aliphatic heterocycles. The van der Waals surface area contributed by atoms with E-state index in [4.69, 9.17) is 15.0 Å². The molecule has 144 valence electrons. The van der Waals surface area contributed by atoms with E-state index in [9.17, 15) is 4.57 Å². The number of rotatable bonds is 8. The predicted octanol–water partition coefficient (Wildman–Crippen LogP) is 6.47. The fourth-order valence-corrected chi connectivity index (χ4v) is 3.71. The van der Waals surface area contributed by atoms with E-state index >= 15 is 0 Å². The SMILES string of the molecule is CCCc1ccc(-c2nc(-c3ccccc3)nc(C(CC)(CC)P=O)n2)cc1. The molecule has 1 aromatic heterocycles. The summed E-state index contributed by atoms with van der Waals surface area (Å²) in [7, 11) is 0.0421. The van der Waals surface area contributed by atoms with Gasteiger partial charge >= 0.3 is 0 Å². The average Bonchev–Trinajstić information content (AvgIpc) is 2.77. The summed E-state index contributed by atoms with van der Waals surface area (Å²) in [5.41, 5.74) is 3.18. The molecule has 0 amide bonds. The fourth-order valence-electron chi connectivity index (χ4n) is 3.27. The molecule has 1 heterocycles. The van der Waals surface area contributed by atoms with E-state index in [2.05, 4.69) is 31.2 Å². The van der Waals surface area contributed by atoms with Gasteiger partial charge in [0.2, 0.25) is 0 Å². The first-order valence-electron chi connectivity index (χ1n) is 9.91. The van der Waals surface area contributed by atoms with E-state index in [0.717, 1.165) is 24.0 Å². The summed E-state index contributed by atoms with van der Waals surface area (Å²) >= 11 is 0. The highest BCUT2D eigenvalue weighted by atomic mass is 31.1. The molecule has 0 unspecified atom stereocenters. The van der Waals surface area contributed by atoms with Crippen LogP contribution in [0.2, 0.25) is 0 Å². The molecule has 4 nitrogen and oxygen atoms in total. The Morgan fingerprint density at radius 2 is 1.36 bits per heavy atom. The maximum atomic E-state index is 12.1. The Morgan fingerprint density at radius 3 is 1.86 bits per heavy atom. The van der Waals surface area contributed by atoms with Crippen LogP contribution in [-0.2, 0) is 16.1 Å². The summed E-state index contributed by atoms with van der Waals surface area (Å²) in [4.78, 5) is 14.2. The number of benzene rings is 2. The fraction of sp³-hybridized carbons (Fsp3) is 0.348. The van der Waals surface area contributed by atoms with E-state index in [0.29, 0.717) is 30.3 Å². The Hall–Kier alpha value is -2.45. The molecule has 2 aromatic carbocycles. The van der Waals surface area contributed by atoms with Crippen LogP contribution >= 0.6 is 8.46 Å². The van der Waals surface area contributed by atoms with E-state index < -0.39 is 5.16 Å². The second-order valence-corrected chi connectivity index (χ2v) is 7.99. The van der Waals surface area contributed by atoms with Crippen LogP contribution in [0.1, 0.15) is 51.4 Å². The summed E-state index contributed by atoms with van der Waals surface area (Å²) < 4.78 is 12.1. The molecule has 0 aliphatic carbocycles. The quantitative estimate of drug-likeness (QED) is 0.413. The van der Waals surface area contributed by atoms with Crippen LogP contribution < -0.4 is 0 Å². The lowest BCUT2D eigenvalue weighted by atomic mass is 10.0. The zero-order chi connectivity index (χ0) is 20.0. The van der Waals surface area contributed by atoms with Crippen LogP contribution in [-0.4, -0.2) is 15.0 Å². The third-order valence-corrected chi connectivity index (χ3v) is 6.36. The second-order valence-electron chi connectivity index (χ2n) is 6.95. The molecule has 0 bridgehead atoms. The van der Waals surface area contributed by atoms with Crippen LogP contribution in [0, 0.1) is 0 Å². The van der Waals surface area contributed by atoms with Gasteiger partial charge in [0.25, 0.3) is 0 Å². The lowest BCUT2D eigenvalue weighted by molar-refractivity contribution is 0.499. The van der Waals surface area contributed by atoms with Gasteiger partial charge in [-0.25, -0.2) is 15.0 Å². The summed E-state index contributed by atoms with van der Waals surface area (Å²) in [5.74, 6) is 1.84. The Morgan fingerprint density at radius 1 is 0.786 bits per heavy atom. The first-order valence-corrected chi connectivity index (χ1v) is 10.7. The molecule has 3 aromatic rings. The molecule has 0 spiro atoms. The minimum Gasteiger partial charge on any atom is -0.274 e. The summed E-state index contributed by atoms with van der Waals surface area (Å²) in [5, 5.41) is -0.594. The molecular formula is C23H26N3OP. The van der Waals surface area contributed by atoms with Gasteiger partial charge in [0.05, 0.1) is 0 Å². The third-order valence-electron chi connectivity index (χ3n) is 5.18. The molecule has 5 heteroatoms. The molecular weight excluding hydrogens is 365 g/mol. The Labute approximate surface area is 168 Å². The largest absolute Gasteiger partial charge is 0.274 e. The van der Waals surface area contributed by atoms with Gasteiger partial charge in [-0.2, -0.15) is 0 Å².